The smallest absolute Gasteiger partial charge is 0.134 e. The van der Waals surface area contributed by atoms with E-state index in [1.165, 1.54) is 0 Å². The molecule has 0 saturated heterocycles. The average molecular weight is 212 g/mol. The van der Waals surface area contributed by atoms with Gasteiger partial charge in [-0.15, -0.1) is 0 Å². The normalized spacial score (nSPS) is 14.5. The van der Waals surface area contributed by atoms with Crippen LogP contribution in [0.5, 0.6) is 11.5 Å². The molecular formula is C11H18NO3+. The van der Waals surface area contributed by atoms with E-state index in [2.05, 4.69) is 5.73 Å². The Morgan fingerprint density at radius 1 is 1.27 bits per heavy atom. The van der Waals surface area contributed by atoms with Crippen LogP contribution in [-0.4, -0.2) is 25.4 Å². The summed E-state index contributed by atoms with van der Waals surface area (Å²) in [5.41, 5.74) is 4.51. The molecule has 0 heterocycles. The van der Waals surface area contributed by atoms with E-state index in [0.717, 1.165) is 0 Å². The van der Waals surface area contributed by atoms with Crippen molar-refractivity contribution in [3.63, 3.8) is 0 Å². The fourth-order valence-electron chi connectivity index (χ4n) is 1.38. The van der Waals surface area contributed by atoms with Gasteiger partial charge in [0, 0.05) is 5.56 Å². The number of rotatable bonds is 4. The van der Waals surface area contributed by atoms with E-state index in [-0.39, 0.29) is 6.04 Å². The van der Waals surface area contributed by atoms with Crippen LogP contribution in [0.15, 0.2) is 18.2 Å². The summed E-state index contributed by atoms with van der Waals surface area (Å²) in [6, 6.07) is 5.24. The first-order valence-electron chi connectivity index (χ1n) is 4.83. The van der Waals surface area contributed by atoms with E-state index in [1.54, 1.807) is 32.4 Å². The molecule has 4 heteroatoms. The highest BCUT2D eigenvalue weighted by molar-refractivity contribution is 5.41. The Morgan fingerprint density at radius 3 is 2.40 bits per heavy atom. The molecule has 0 unspecified atom stereocenters. The Bertz CT molecular complexity index is 326. The van der Waals surface area contributed by atoms with Crippen LogP contribution >= 0.6 is 0 Å². The molecule has 0 aliphatic rings. The second-order valence-corrected chi connectivity index (χ2v) is 3.53. The minimum Gasteiger partial charge on any atom is -0.497 e. The second-order valence-electron chi connectivity index (χ2n) is 3.53. The summed E-state index contributed by atoms with van der Waals surface area (Å²) in [5, 5.41) is 9.93. The van der Waals surface area contributed by atoms with Crippen LogP contribution in [0.25, 0.3) is 0 Å². The zero-order valence-electron chi connectivity index (χ0n) is 9.36. The van der Waals surface area contributed by atoms with Gasteiger partial charge in [-0.1, -0.05) is 0 Å². The molecule has 1 rings (SSSR count). The van der Waals surface area contributed by atoms with Crippen molar-refractivity contribution in [1.82, 2.24) is 0 Å². The summed E-state index contributed by atoms with van der Waals surface area (Å²) in [6.45, 7) is 1.85. The highest BCUT2D eigenvalue weighted by atomic mass is 16.5. The number of aliphatic hydroxyl groups excluding tert-OH is 1. The maximum atomic E-state index is 9.93. The molecule has 1 aromatic carbocycles. The van der Waals surface area contributed by atoms with E-state index >= 15 is 0 Å². The molecule has 0 aliphatic heterocycles. The van der Waals surface area contributed by atoms with Crippen molar-refractivity contribution in [2.75, 3.05) is 14.2 Å². The van der Waals surface area contributed by atoms with Gasteiger partial charge in [0.05, 0.1) is 14.2 Å². The zero-order valence-corrected chi connectivity index (χ0v) is 9.36. The summed E-state index contributed by atoms with van der Waals surface area (Å²) in [7, 11) is 3.16. The van der Waals surface area contributed by atoms with Crippen LogP contribution in [0.1, 0.15) is 18.6 Å². The highest BCUT2D eigenvalue weighted by Crippen LogP contribution is 2.29. The average Bonchev–Trinajstić information content (AvgIpc) is 2.27. The maximum Gasteiger partial charge on any atom is 0.134 e. The lowest BCUT2D eigenvalue weighted by atomic mass is 10.0. The first-order valence-corrected chi connectivity index (χ1v) is 4.83. The van der Waals surface area contributed by atoms with E-state index in [1.807, 2.05) is 6.92 Å². The SMILES string of the molecule is COc1ccc(OC)c([C@H](O)[C@H](C)[NH3+])c1. The van der Waals surface area contributed by atoms with Crippen molar-refractivity contribution in [1.29, 1.82) is 0 Å². The van der Waals surface area contributed by atoms with Gasteiger partial charge in [-0.3, -0.25) is 0 Å². The number of hydrogen-bond donors (Lipinski definition) is 2. The van der Waals surface area contributed by atoms with Gasteiger partial charge >= 0.3 is 0 Å². The van der Waals surface area contributed by atoms with E-state index in [4.69, 9.17) is 9.47 Å². The minimum atomic E-state index is -0.643. The lowest BCUT2D eigenvalue weighted by molar-refractivity contribution is -0.433. The molecule has 0 bridgehead atoms. The molecule has 4 N–H and O–H groups in total. The summed E-state index contributed by atoms with van der Waals surface area (Å²) in [4.78, 5) is 0. The molecular weight excluding hydrogens is 194 g/mol. The lowest BCUT2D eigenvalue weighted by Gasteiger charge is -2.16. The standard InChI is InChI=1S/C11H17NO3/c1-7(12)11(13)9-6-8(14-2)4-5-10(9)15-3/h4-7,11,13H,12H2,1-3H3/p+1/t7-,11+/m0/s1. The van der Waals surface area contributed by atoms with E-state index in [9.17, 15) is 5.11 Å². The van der Waals surface area contributed by atoms with Gasteiger partial charge in [0.1, 0.15) is 23.6 Å². The van der Waals surface area contributed by atoms with Crippen molar-refractivity contribution < 1.29 is 20.3 Å². The van der Waals surface area contributed by atoms with Gasteiger partial charge in [-0.2, -0.15) is 0 Å². The van der Waals surface area contributed by atoms with Gasteiger partial charge in [0.2, 0.25) is 0 Å². The van der Waals surface area contributed by atoms with Gasteiger partial charge in [-0.05, 0) is 25.1 Å². The molecule has 0 aromatic heterocycles. The van der Waals surface area contributed by atoms with Crippen LogP contribution in [0, 0.1) is 0 Å². The Labute approximate surface area is 89.6 Å². The molecule has 0 spiro atoms. The van der Waals surface area contributed by atoms with E-state index < -0.39 is 6.10 Å². The topological polar surface area (TPSA) is 66.3 Å². The maximum absolute atomic E-state index is 9.93. The Morgan fingerprint density at radius 2 is 1.93 bits per heavy atom. The molecule has 84 valence electrons. The lowest BCUT2D eigenvalue weighted by Crippen LogP contribution is -2.61. The van der Waals surface area contributed by atoms with Gasteiger partial charge in [0.25, 0.3) is 0 Å². The van der Waals surface area contributed by atoms with Crippen molar-refractivity contribution in [3.05, 3.63) is 23.8 Å². The number of benzene rings is 1. The number of methoxy groups -OCH3 is 2. The molecule has 0 radical (unpaired) electrons. The van der Waals surface area contributed by atoms with Gasteiger partial charge in [0.15, 0.2) is 0 Å². The van der Waals surface area contributed by atoms with Crippen molar-refractivity contribution in [2.24, 2.45) is 0 Å². The number of quaternary nitrogens is 1. The molecule has 4 nitrogen and oxygen atoms in total. The zero-order chi connectivity index (χ0) is 11.4. The van der Waals surface area contributed by atoms with Crippen LogP contribution in [0.3, 0.4) is 0 Å². The predicted molar refractivity (Wildman–Crippen MR) is 56.9 cm³/mol. The highest BCUT2D eigenvalue weighted by Gasteiger charge is 2.20. The monoisotopic (exact) mass is 212 g/mol. The number of aliphatic hydroxyl groups is 1. The third-order valence-electron chi connectivity index (χ3n) is 2.29. The third-order valence-corrected chi connectivity index (χ3v) is 2.29. The fraction of sp³-hybridized carbons (Fsp3) is 0.455. The number of hydrogen-bond acceptors (Lipinski definition) is 3. The predicted octanol–water partition coefficient (Wildman–Crippen LogP) is 0.368. The third kappa shape index (κ3) is 2.61. The molecule has 15 heavy (non-hydrogen) atoms. The first-order chi connectivity index (χ1) is 7.10. The van der Waals surface area contributed by atoms with Gasteiger partial charge < -0.3 is 20.3 Å². The minimum absolute atomic E-state index is 0.106. The summed E-state index contributed by atoms with van der Waals surface area (Å²) >= 11 is 0. The molecule has 0 fully saturated rings. The molecule has 2 atom stereocenters. The van der Waals surface area contributed by atoms with Gasteiger partial charge in [-0.25, -0.2) is 0 Å². The Hall–Kier alpha value is -1.26. The number of ether oxygens (including phenoxy) is 2. The molecule has 0 aliphatic carbocycles. The summed E-state index contributed by atoms with van der Waals surface area (Å²) in [6.07, 6.45) is -0.643. The molecule has 1 aromatic rings. The summed E-state index contributed by atoms with van der Waals surface area (Å²) in [5.74, 6) is 1.35. The van der Waals surface area contributed by atoms with Crippen molar-refractivity contribution >= 4 is 0 Å². The molecule has 0 saturated carbocycles. The first kappa shape index (κ1) is 11.8. The Balaban J connectivity index is 3.11. The Kier molecular flexibility index (Phi) is 3.94. The summed E-state index contributed by atoms with van der Waals surface area (Å²) < 4.78 is 10.3. The largest absolute Gasteiger partial charge is 0.497 e. The van der Waals surface area contributed by atoms with Crippen molar-refractivity contribution in [3.8, 4) is 11.5 Å². The van der Waals surface area contributed by atoms with Crippen LogP contribution < -0.4 is 15.2 Å². The van der Waals surface area contributed by atoms with Crippen LogP contribution in [0.2, 0.25) is 0 Å². The van der Waals surface area contributed by atoms with E-state index in [0.29, 0.717) is 17.1 Å². The van der Waals surface area contributed by atoms with Crippen molar-refractivity contribution in [2.45, 2.75) is 19.1 Å². The molecule has 0 amide bonds. The quantitative estimate of drug-likeness (QED) is 0.757. The van der Waals surface area contributed by atoms with Crippen LogP contribution in [-0.2, 0) is 0 Å². The second kappa shape index (κ2) is 5.00. The fourth-order valence-corrected chi connectivity index (χ4v) is 1.38. The van der Waals surface area contributed by atoms with Crippen LogP contribution in [0.4, 0.5) is 0 Å².